The summed E-state index contributed by atoms with van der Waals surface area (Å²) < 4.78 is 0. The van der Waals surface area contributed by atoms with Crippen LogP contribution in [0, 0.1) is 20.2 Å². The molecule has 2 aromatic heterocycles. The third-order valence-electron chi connectivity index (χ3n) is 7.08. The minimum absolute atomic E-state index is 0.125. The average Bonchev–Trinajstić information content (AvgIpc) is 3.59. The van der Waals surface area contributed by atoms with Crippen LogP contribution in [-0.4, -0.2) is 51.8 Å². The van der Waals surface area contributed by atoms with E-state index in [0.717, 1.165) is 38.1 Å². The number of azo groups is 2. The maximum atomic E-state index is 12.2. The number of imidazole rings is 2. The van der Waals surface area contributed by atoms with Gasteiger partial charge in [0, 0.05) is 26.0 Å². The summed E-state index contributed by atoms with van der Waals surface area (Å²) in [5.74, 6) is -2.74. The Kier molecular flexibility index (Phi) is 7.79. The third kappa shape index (κ3) is 5.92. The van der Waals surface area contributed by atoms with Gasteiger partial charge in [-0.15, -0.1) is 20.5 Å². The second kappa shape index (κ2) is 12.1. The van der Waals surface area contributed by atoms with Gasteiger partial charge in [-0.05, 0) is 24.3 Å². The number of nitro groups is 2. The highest BCUT2D eigenvalue weighted by Crippen LogP contribution is 2.51. The molecule has 252 valence electrons. The molecule has 0 radical (unpaired) electrons. The van der Waals surface area contributed by atoms with Gasteiger partial charge in [-0.3, -0.25) is 29.8 Å². The smallest absolute Gasteiger partial charge is 0.323 e. The molecule has 2 amide bonds. The van der Waals surface area contributed by atoms with Gasteiger partial charge in [0.15, 0.2) is 22.9 Å². The highest BCUT2D eigenvalue weighted by Gasteiger charge is 2.24. The summed E-state index contributed by atoms with van der Waals surface area (Å²) >= 11 is 0. The first-order valence-corrected chi connectivity index (χ1v) is 13.9. The molecule has 22 heteroatoms. The minimum atomic E-state index is -0.768. The van der Waals surface area contributed by atoms with E-state index >= 15 is 0 Å². The highest BCUT2D eigenvalue weighted by atomic mass is 16.6. The number of hydrogen-bond acceptors (Lipinski definition) is 14. The van der Waals surface area contributed by atoms with Crippen LogP contribution in [0.4, 0.5) is 45.5 Å². The standard InChI is InChI=1S/C28H20N12O10/c1-9(41)29-17-5-19(37-35-15-3-11-13(33-27(45)31-11)7-21(15)39(47)48)26(44)24-18(30-10(2)42)6-20(25(43)23(17)24)38-36-16-4-12-14(34-28(46)32-12)8-22(16)40(49)50/h3-8,43-44H,1-2H3,(H,29,41)(H,30,42)(H2,31,33,45)(H2,32,34,46). The van der Waals surface area contributed by atoms with Gasteiger partial charge in [-0.1, -0.05) is 0 Å². The number of aromatic amines is 4. The fourth-order valence-electron chi connectivity index (χ4n) is 5.09. The molecule has 0 bridgehead atoms. The molecule has 0 aliphatic rings. The van der Waals surface area contributed by atoms with Gasteiger partial charge in [-0.25, -0.2) is 9.59 Å². The van der Waals surface area contributed by atoms with Crippen molar-refractivity contribution in [2.24, 2.45) is 20.5 Å². The molecule has 4 aromatic carbocycles. The molecule has 8 N–H and O–H groups in total. The molecule has 0 unspecified atom stereocenters. The summed E-state index contributed by atoms with van der Waals surface area (Å²) in [6.07, 6.45) is 0. The number of phenolic OH excluding ortho intramolecular Hbond substituents is 2. The number of amides is 2. The Morgan fingerprint density at radius 1 is 0.600 bits per heavy atom. The Labute approximate surface area is 273 Å². The summed E-state index contributed by atoms with van der Waals surface area (Å²) in [5.41, 5.74) is -3.58. The van der Waals surface area contributed by atoms with Gasteiger partial charge in [0.25, 0.3) is 11.4 Å². The van der Waals surface area contributed by atoms with E-state index in [9.17, 15) is 49.6 Å². The van der Waals surface area contributed by atoms with Gasteiger partial charge in [0.2, 0.25) is 11.8 Å². The Bertz CT molecular complexity index is 2470. The number of fused-ring (bicyclic) bond motifs is 3. The molecule has 0 saturated carbocycles. The lowest BCUT2D eigenvalue weighted by atomic mass is 10.0. The van der Waals surface area contributed by atoms with Crippen LogP contribution in [0.15, 0.2) is 66.4 Å². The van der Waals surface area contributed by atoms with Crippen LogP contribution in [0.25, 0.3) is 32.8 Å². The Morgan fingerprint density at radius 3 is 1.24 bits per heavy atom. The topological polar surface area (TPSA) is 332 Å². The number of phenols is 2. The first-order valence-electron chi connectivity index (χ1n) is 13.9. The number of hydrogen-bond donors (Lipinski definition) is 8. The zero-order valence-electron chi connectivity index (χ0n) is 25.3. The average molecular weight is 685 g/mol. The second-order valence-electron chi connectivity index (χ2n) is 10.5. The van der Waals surface area contributed by atoms with Crippen molar-refractivity contribution in [3.63, 3.8) is 0 Å². The van der Waals surface area contributed by atoms with E-state index in [1.54, 1.807) is 0 Å². The summed E-state index contributed by atoms with van der Waals surface area (Å²) in [6, 6.07) is 6.59. The van der Waals surface area contributed by atoms with Gasteiger partial charge in [0.1, 0.15) is 11.4 Å². The van der Waals surface area contributed by atoms with Crippen LogP contribution in [0.5, 0.6) is 11.5 Å². The van der Waals surface area contributed by atoms with Crippen LogP contribution >= 0.6 is 0 Å². The number of nitrogens with zero attached hydrogens (tertiary/aromatic N) is 6. The van der Waals surface area contributed by atoms with Crippen LogP contribution < -0.4 is 22.0 Å². The Morgan fingerprint density at radius 2 is 0.920 bits per heavy atom. The number of aromatic nitrogens is 4. The molecular weight excluding hydrogens is 664 g/mol. The number of anilines is 2. The highest BCUT2D eigenvalue weighted by molar-refractivity contribution is 6.17. The molecule has 0 fully saturated rings. The first-order chi connectivity index (χ1) is 23.7. The number of carbonyl (C=O) groups excluding carboxylic acids is 2. The van der Waals surface area contributed by atoms with Gasteiger partial charge >= 0.3 is 11.4 Å². The van der Waals surface area contributed by atoms with Crippen molar-refractivity contribution in [3.8, 4) is 11.5 Å². The lowest BCUT2D eigenvalue weighted by Gasteiger charge is -2.17. The predicted octanol–water partition coefficient (Wildman–Crippen LogP) is 5.15. The number of aromatic hydroxyl groups is 2. The Hall–Kier alpha value is -7.78. The van der Waals surface area contributed by atoms with Crippen molar-refractivity contribution < 1.29 is 29.6 Å². The maximum Gasteiger partial charge on any atom is 0.323 e. The van der Waals surface area contributed by atoms with E-state index < -0.39 is 55.9 Å². The molecule has 6 rings (SSSR count). The monoisotopic (exact) mass is 684 g/mol. The summed E-state index contributed by atoms with van der Waals surface area (Å²) in [5, 5.41) is 66.3. The Balaban J connectivity index is 1.55. The maximum absolute atomic E-state index is 12.2. The van der Waals surface area contributed by atoms with E-state index in [1.807, 2.05) is 0 Å². The van der Waals surface area contributed by atoms with Gasteiger partial charge in [-0.2, -0.15) is 0 Å². The second-order valence-corrected chi connectivity index (χ2v) is 10.5. The number of rotatable bonds is 8. The zero-order valence-corrected chi connectivity index (χ0v) is 25.3. The molecule has 50 heavy (non-hydrogen) atoms. The van der Waals surface area contributed by atoms with E-state index in [2.05, 4.69) is 51.0 Å². The first kappa shape index (κ1) is 32.2. The number of nitro benzene ring substituents is 2. The fourth-order valence-corrected chi connectivity index (χ4v) is 5.09. The largest absolute Gasteiger partial charge is 0.505 e. The quantitative estimate of drug-likeness (QED) is 0.0450. The number of H-pyrrole nitrogens is 4. The normalized spacial score (nSPS) is 11.6. The summed E-state index contributed by atoms with van der Waals surface area (Å²) in [6.45, 7) is 2.26. The van der Waals surface area contributed by atoms with Crippen LogP contribution in [0.2, 0.25) is 0 Å². The van der Waals surface area contributed by atoms with Crippen molar-refractivity contribution in [3.05, 3.63) is 77.6 Å². The number of nitrogens with one attached hydrogen (secondary N) is 6. The summed E-state index contributed by atoms with van der Waals surface area (Å²) in [7, 11) is 0. The summed E-state index contributed by atoms with van der Waals surface area (Å²) in [4.78, 5) is 79.5. The molecule has 6 aromatic rings. The number of carbonyl (C=O) groups is 2. The molecule has 0 spiro atoms. The molecule has 0 aliphatic heterocycles. The molecule has 22 nitrogen and oxygen atoms in total. The SMILES string of the molecule is CC(=O)Nc1cc(N=Nc2cc3[nH]c(=O)[nH]c3cc2[N+](=O)[O-])c(O)c2c(NC(C)=O)cc(N=Nc3cc4[nH]c(=O)[nH]c4cc3[N+](=O)[O-])c(O)c12. The molecule has 0 atom stereocenters. The van der Waals surface area contributed by atoms with E-state index in [-0.39, 0.29) is 67.0 Å². The van der Waals surface area contributed by atoms with Gasteiger partial charge in [0.05, 0.1) is 54.1 Å². The van der Waals surface area contributed by atoms with E-state index in [0.29, 0.717) is 0 Å². The van der Waals surface area contributed by atoms with Crippen LogP contribution in [-0.2, 0) is 9.59 Å². The molecule has 0 aliphatic carbocycles. The molecular formula is C28H20N12O10. The predicted molar refractivity (Wildman–Crippen MR) is 175 cm³/mol. The van der Waals surface area contributed by atoms with Crippen molar-refractivity contribution in [1.82, 2.24) is 19.9 Å². The number of benzene rings is 4. The zero-order chi connectivity index (χ0) is 36.0. The van der Waals surface area contributed by atoms with Crippen LogP contribution in [0.1, 0.15) is 13.8 Å². The third-order valence-corrected chi connectivity index (χ3v) is 7.08. The van der Waals surface area contributed by atoms with Crippen molar-refractivity contribution in [1.29, 1.82) is 0 Å². The lowest BCUT2D eigenvalue weighted by Crippen LogP contribution is -2.08. The lowest BCUT2D eigenvalue weighted by molar-refractivity contribution is -0.384. The van der Waals surface area contributed by atoms with E-state index in [4.69, 9.17) is 0 Å². The minimum Gasteiger partial charge on any atom is -0.505 e. The van der Waals surface area contributed by atoms with E-state index in [1.165, 1.54) is 12.1 Å². The fraction of sp³-hybridized carbons (Fsp3) is 0.0714. The van der Waals surface area contributed by atoms with Crippen molar-refractivity contribution in [2.45, 2.75) is 13.8 Å². The van der Waals surface area contributed by atoms with Gasteiger partial charge < -0.3 is 40.8 Å². The molecule has 0 saturated heterocycles. The van der Waals surface area contributed by atoms with Crippen LogP contribution in [0.3, 0.4) is 0 Å². The van der Waals surface area contributed by atoms with Crippen molar-refractivity contribution >= 4 is 90.2 Å². The van der Waals surface area contributed by atoms with Crippen molar-refractivity contribution in [2.75, 3.05) is 10.6 Å². The molecule has 2 heterocycles.